The van der Waals surface area contributed by atoms with Gasteiger partial charge in [0.15, 0.2) is 0 Å². The number of rotatable bonds is 4. The molecule has 0 fully saturated rings. The van der Waals surface area contributed by atoms with Crippen LogP contribution in [0.4, 0.5) is 0 Å². The predicted molar refractivity (Wildman–Crippen MR) is 60.7 cm³/mol. The van der Waals surface area contributed by atoms with Crippen LogP contribution in [0.2, 0.25) is 0 Å². The number of carbonyl (C=O) groups excluding carboxylic acids is 1. The van der Waals surface area contributed by atoms with Gasteiger partial charge in [-0.05, 0) is 23.3 Å². The molecule has 0 saturated heterocycles. The van der Waals surface area contributed by atoms with Crippen molar-refractivity contribution >= 4 is 11.5 Å². The summed E-state index contributed by atoms with van der Waals surface area (Å²) in [6, 6.07) is 7.58. The summed E-state index contributed by atoms with van der Waals surface area (Å²) >= 11 is 0. The van der Waals surface area contributed by atoms with Crippen molar-refractivity contribution in [2.24, 2.45) is 0 Å². The van der Waals surface area contributed by atoms with E-state index in [1.54, 1.807) is 7.11 Å². The van der Waals surface area contributed by atoms with Crippen LogP contribution in [-0.2, 0) is 4.79 Å². The van der Waals surface area contributed by atoms with Gasteiger partial charge < -0.3 is 10.1 Å². The molecule has 1 amide bonds. The summed E-state index contributed by atoms with van der Waals surface area (Å²) in [6.45, 7) is 5.86. The Morgan fingerprint density at radius 2 is 2.00 bits per heavy atom. The lowest BCUT2D eigenvalue weighted by Gasteiger charge is -2.07. The number of hydrogen-bond donors (Lipinski definition) is 1. The minimum Gasteiger partial charge on any atom is -0.497 e. The van der Waals surface area contributed by atoms with E-state index in [-0.39, 0.29) is 5.91 Å². The van der Waals surface area contributed by atoms with Crippen LogP contribution in [0.5, 0.6) is 5.75 Å². The standard InChI is InChI=1S/C12H15NO2/c1-9(8-13-10(2)14)11-4-6-12(15-3)7-5-11/h4-7H,1,8H2,2-3H3,(H,13,14). The molecule has 0 spiro atoms. The second kappa shape index (κ2) is 5.20. The van der Waals surface area contributed by atoms with Crippen molar-refractivity contribution in [3.8, 4) is 5.75 Å². The van der Waals surface area contributed by atoms with E-state index < -0.39 is 0 Å². The topological polar surface area (TPSA) is 38.3 Å². The zero-order chi connectivity index (χ0) is 11.3. The number of nitrogens with one attached hydrogen (secondary N) is 1. The third-order valence-electron chi connectivity index (χ3n) is 2.05. The molecule has 0 atom stereocenters. The molecule has 0 aliphatic carbocycles. The number of carbonyl (C=O) groups is 1. The first kappa shape index (κ1) is 11.3. The first-order valence-corrected chi connectivity index (χ1v) is 4.70. The van der Waals surface area contributed by atoms with Crippen LogP contribution in [0.25, 0.3) is 5.57 Å². The second-order valence-electron chi connectivity index (χ2n) is 3.24. The lowest BCUT2D eigenvalue weighted by molar-refractivity contribution is -0.118. The van der Waals surface area contributed by atoms with E-state index in [0.717, 1.165) is 16.9 Å². The molecule has 0 heterocycles. The van der Waals surface area contributed by atoms with Crippen molar-refractivity contribution in [1.29, 1.82) is 0 Å². The highest BCUT2D eigenvalue weighted by Crippen LogP contribution is 2.16. The Hall–Kier alpha value is -1.77. The van der Waals surface area contributed by atoms with Crippen molar-refractivity contribution in [2.75, 3.05) is 13.7 Å². The Morgan fingerprint density at radius 1 is 1.40 bits per heavy atom. The molecule has 0 aromatic heterocycles. The van der Waals surface area contributed by atoms with E-state index in [0.29, 0.717) is 6.54 Å². The normalized spacial score (nSPS) is 9.47. The zero-order valence-electron chi connectivity index (χ0n) is 9.04. The Bertz CT molecular complexity index is 354. The van der Waals surface area contributed by atoms with E-state index >= 15 is 0 Å². The first-order chi connectivity index (χ1) is 7.13. The molecule has 1 aromatic carbocycles. The van der Waals surface area contributed by atoms with Crippen LogP contribution >= 0.6 is 0 Å². The van der Waals surface area contributed by atoms with E-state index in [9.17, 15) is 4.79 Å². The van der Waals surface area contributed by atoms with E-state index in [4.69, 9.17) is 4.74 Å². The minimum atomic E-state index is -0.0512. The molecular formula is C12H15NO2. The quantitative estimate of drug-likeness (QED) is 0.814. The molecule has 1 N–H and O–H groups in total. The van der Waals surface area contributed by atoms with Crippen LogP contribution < -0.4 is 10.1 Å². The number of benzene rings is 1. The molecule has 0 saturated carbocycles. The van der Waals surface area contributed by atoms with Gasteiger partial charge in [-0.3, -0.25) is 4.79 Å². The summed E-state index contributed by atoms with van der Waals surface area (Å²) in [5.41, 5.74) is 1.89. The second-order valence-corrected chi connectivity index (χ2v) is 3.24. The van der Waals surface area contributed by atoms with Gasteiger partial charge in [0.05, 0.1) is 7.11 Å². The zero-order valence-corrected chi connectivity index (χ0v) is 9.04. The smallest absolute Gasteiger partial charge is 0.217 e. The maximum atomic E-state index is 10.7. The molecule has 80 valence electrons. The largest absolute Gasteiger partial charge is 0.497 e. The molecule has 0 bridgehead atoms. The van der Waals surface area contributed by atoms with Crippen LogP contribution in [-0.4, -0.2) is 19.6 Å². The Kier molecular flexibility index (Phi) is 3.92. The SMILES string of the molecule is C=C(CNC(C)=O)c1ccc(OC)cc1. The fourth-order valence-corrected chi connectivity index (χ4v) is 1.16. The molecule has 0 radical (unpaired) electrons. The van der Waals surface area contributed by atoms with Gasteiger partial charge in [-0.15, -0.1) is 0 Å². The highest BCUT2D eigenvalue weighted by molar-refractivity contribution is 5.76. The van der Waals surface area contributed by atoms with Crippen LogP contribution in [0.15, 0.2) is 30.8 Å². The highest BCUT2D eigenvalue weighted by atomic mass is 16.5. The third-order valence-corrected chi connectivity index (χ3v) is 2.05. The van der Waals surface area contributed by atoms with Gasteiger partial charge >= 0.3 is 0 Å². The van der Waals surface area contributed by atoms with E-state index in [2.05, 4.69) is 11.9 Å². The molecule has 3 heteroatoms. The number of methoxy groups -OCH3 is 1. The van der Waals surface area contributed by atoms with Gasteiger partial charge in [0.25, 0.3) is 0 Å². The first-order valence-electron chi connectivity index (χ1n) is 4.70. The Morgan fingerprint density at radius 3 is 2.47 bits per heavy atom. The van der Waals surface area contributed by atoms with Crippen LogP contribution in [0.3, 0.4) is 0 Å². The summed E-state index contributed by atoms with van der Waals surface area (Å²) in [7, 11) is 1.63. The number of ether oxygens (including phenoxy) is 1. The lowest BCUT2D eigenvalue weighted by atomic mass is 10.1. The lowest BCUT2D eigenvalue weighted by Crippen LogP contribution is -2.21. The molecule has 1 aromatic rings. The molecule has 0 aliphatic rings. The van der Waals surface area contributed by atoms with Crippen molar-refractivity contribution in [3.05, 3.63) is 36.4 Å². The van der Waals surface area contributed by atoms with Crippen molar-refractivity contribution in [2.45, 2.75) is 6.92 Å². The predicted octanol–water partition coefficient (Wildman–Crippen LogP) is 1.84. The summed E-state index contributed by atoms with van der Waals surface area (Å²) in [4.78, 5) is 10.7. The number of amides is 1. The molecule has 15 heavy (non-hydrogen) atoms. The molecule has 0 aliphatic heterocycles. The van der Waals surface area contributed by atoms with E-state index in [1.165, 1.54) is 6.92 Å². The summed E-state index contributed by atoms with van der Waals surface area (Å²) in [5.74, 6) is 0.760. The Labute approximate surface area is 89.8 Å². The van der Waals surface area contributed by atoms with Gasteiger partial charge in [-0.1, -0.05) is 18.7 Å². The monoisotopic (exact) mass is 205 g/mol. The fourth-order valence-electron chi connectivity index (χ4n) is 1.16. The van der Waals surface area contributed by atoms with Crippen LogP contribution in [0.1, 0.15) is 12.5 Å². The van der Waals surface area contributed by atoms with Gasteiger partial charge in [-0.2, -0.15) is 0 Å². The van der Waals surface area contributed by atoms with Crippen molar-refractivity contribution in [1.82, 2.24) is 5.32 Å². The van der Waals surface area contributed by atoms with E-state index in [1.807, 2.05) is 24.3 Å². The average Bonchev–Trinajstić information content (AvgIpc) is 2.26. The van der Waals surface area contributed by atoms with Crippen molar-refractivity contribution in [3.63, 3.8) is 0 Å². The summed E-state index contributed by atoms with van der Waals surface area (Å²) < 4.78 is 5.05. The fraction of sp³-hybridized carbons (Fsp3) is 0.250. The summed E-state index contributed by atoms with van der Waals surface area (Å²) in [6.07, 6.45) is 0. The molecule has 1 rings (SSSR count). The van der Waals surface area contributed by atoms with Gasteiger partial charge in [-0.25, -0.2) is 0 Å². The maximum Gasteiger partial charge on any atom is 0.217 e. The molecule has 0 unspecified atom stereocenters. The van der Waals surface area contributed by atoms with Crippen molar-refractivity contribution < 1.29 is 9.53 Å². The minimum absolute atomic E-state index is 0.0512. The van der Waals surface area contributed by atoms with Gasteiger partial charge in [0.1, 0.15) is 5.75 Å². The Balaban J connectivity index is 2.62. The summed E-state index contributed by atoms with van der Waals surface area (Å²) in [5, 5.41) is 2.70. The van der Waals surface area contributed by atoms with Gasteiger partial charge in [0.2, 0.25) is 5.91 Å². The molecular weight excluding hydrogens is 190 g/mol. The highest BCUT2D eigenvalue weighted by Gasteiger charge is 2.00. The van der Waals surface area contributed by atoms with Gasteiger partial charge in [0, 0.05) is 13.5 Å². The third kappa shape index (κ3) is 3.46. The average molecular weight is 205 g/mol. The van der Waals surface area contributed by atoms with Crippen LogP contribution in [0, 0.1) is 0 Å². The maximum absolute atomic E-state index is 10.7. The molecule has 3 nitrogen and oxygen atoms in total. The number of hydrogen-bond acceptors (Lipinski definition) is 2.